The van der Waals surface area contributed by atoms with E-state index < -0.39 is 0 Å². The predicted octanol–water partition coefficient (Wildman–Crippen LogP) is 2.12. The molecule has 0 saturated carbocycles. The van der Waals surface area contributed by atoms with Crippen molar-refractivity contribution in [1.82, 2.24) is 0 Å². The number of benzene rings is 1. The third kappa shape index (κ3) is 3.28. The Balaban J connectivity index is 2.73. The SMILES string of the molecule is CC(CN)C(=O)Nc1ccc(F)c(Br)c1. The van der Waals surface area contributed by atoms with Gasteiger partial charge in [0.05, 0.1) is 4.47 Å². The van der Waals surface area contributed by atoms with Gasteiger partial charge in [-0.05, 0) is 34.1 Å². The van der Waals surface area contributed by atoms with Crippen molar-refractivity contribution in [2.24, 2.45) is 11.7 Å². The highest BCUT2D eigenvalue weighted by atomic mass is 79.9. The van der Waals surface area contributed by atoms with Gasteiger partial charge in [-0.25, -0.2) is 4.39 Å². The molecule has 1 aromatic carbocycles. The molecule has 0 radical (unpaired) electrons. The number of halogens is 2. The maximum absolute atomic E-state index is 12.9. The Morgan fingerprint density at radius 3 is 2.87 bits per heavy atom. The van der Waals surface area contributed by atoms with Crippen LogP contribution in [0, 0.1) is 11.7 Å². The monoisotopic (exact) mass is 274 g/mol. The van der Waals surface area contributed by atoms with Gasteiger partial charge in [0.15, 0.2) is 0 Å². The molecule has 0 fully saturated rings. The number of carbonyl (C=O) groups excluding carboxylic acids is 1. The fourth-order valence-electron chi connectivity index (χ4n) is 0.946. The summed E-state index contributed by atoms with van der Waals surface area (Å²) in [4.78, 5) is 11.4. The van der Waals surface area contributed by atoms with Crippen LogP contribution in [0.15, 0.2) is 22.7 Å². The molecule has 1 amide bonds. The van der Waals surface area contributed by atoms with E-state index in [1.807, 2.05) is 0 Å². The van der Waals surface area contributed by atoms with E-state index in [4.69, 9.17) is 5.73 Å². The molecule has 82 valence electrons. The lowest BCUT2D eigenvalue weighted by Gasteiger charge is -2.10. The van der Waals surface area contributed by atoms with Crippen LogP contribution in [0.3, 0.4) is 0 Å². The third-order valence-electron chi connectivity index (χ3n) is 1.99. The van der Waals surface area contributed by atoms with Crippen LogP contribution >= 0.6 is 15.9 Å². The number of hydrogen-bond donors (Lipinski definition) is 2. The first-order valence-corrected chi connectivity index (χ1v) is 5.30. The lowest BCUT2D eigenvalue weighted by molar-refractivity contribution is -0.119. The van der Waals surface area contributed by atoms with Crippen molar-refractivity contribution in [2.75, 3.05) is 11.9 Å². The van der Waals surface area contributed by atoms with Gasteiger partial charge in [0.25, 0.3) is 0 Å². The zero-order valence-corrected chi connectivity index (χ0v) is 9.84. The van der Waals surface area contributed by atoms with Crippen molar-refractivity contribution in [3.05, 3.63) is 28.5 Å². The van der Waals surface area contributed by atoms with E-state index >= 15 is 0 Å². The molecule has 0 aliphatic heterocycles. The van der Waals surface area contributed by atoms with E-state index in [9.17, 15) is 9.18 Å². The summed E-state index contributed by atoms with van der Waals surface area (Å²) in [6.45, 7) is 2.02. The molecule has 0 spiro atoms. The smallest absolute Gasteiger partial charge is 0.228 e. The summed E-state index contributed by atoms with van der Waals surface area (Å²) >= 11 is 3.04. The van der Waals surface area contributed by atoms with Gasteiger partial charge in [-0.2, -0.15) is 0 Å². The van der Waals surface area contributed by atoms with Crippen LogP contribution < -0.4 is 11.1 Å². The molecule has 1 atom stereocenters. The second-order valence-corrected chi connectivity index (χ2v) is 4.11. The van der Waals surface area contributed by atoms with Crippen molar-refractivity contribution in [2.45, 2.75) is 6.92 Å². The number of amides is 1. The van der Waals surface area contributed by atoms with Gasteiger partial charge >= 0.3 is 0 Å². The van der Waals surface area contributed by atoms with Gasteiger partial charge in [0.2, 0.25) is 5.91 Å². The van der Waals surface area contributed by atoms with Crippen molar-refractivity contribution >= 4 is 27.5 Å². The summed E-state index contributed by atoms with van der Waals surface area (Å²) in [5.41, 5.74) is 5.90. The maximum Gasteiger partial charge on any atom is 0.228 e. The predicted molar refractivity (Wildman–Crippen MR) is 60.9 cm³/mol. The zero-order valence-electron chi connectivity index (χ0n) is 8.26. The van der Waals surface area contributed by atoms with E-state index in [1.54, 1.807) is 6.92 Å². The standard InChI is InChI=1S/C10H12BrFN2O/c1-6(5-13)10(15)14-7-2-3-9(12)8(11)4-7/h2-4,6H,5,13H2,1H3,(H,14,15). The summed E-state index contributed by atoms with van der Waals surface area (Å²) in [5, 5.41) is 2.65. The van der Waals surface area contributed by atoms with Crippen molar-refractivity contribution in [1.29, 1.82) is 0 Å². The Bertz CT molecular complexity index is 370. The largest absolute Gasteiger partial charge is 0.330 e. The molecule has 1 unspecified atom stereocenters. The number of anilines is 1. The summed E-state index contributed by atoms with van der Waals surface area (Å²) < 4.78 is 13.2. The van der Waals surface area contributed by atoms with Gasteiger partial charge in [-0.1, -0.05) is 6.92 Å². The molecule has 0 saturated heterocycles. The number of nitrogens with two attached hydrogens (primary N) is 1. The zero-order chi connectivity index (χ0) is 11.4. The van der Waals surface area contributed by atoms with Crippen LogP contribution in [-0.2, 0) is 4.79 Å². The number of carbonyl (C=O) groups is 1. The molecule has 1 aromatic rings. The van der Waals surface area contributed by atoms with Gasteiger partial charge in [0, 0.05) is 18.2 Å². The Labute approximate surface area is 96.0 Å². The van der Waals surface area contributed by atoms with E-state index in [0.717, 1.165) is 0 Å². The second-order valence-electron chi connectivity index (χ2n) is 3.25. The Morgan fingerprint density at radius 1 is 1.67 bits per heavy atom. The average Bonchev–Trinajstić information content (AvgIpc) is 2.22. The Hall–Kier alpha value is -0.940. The second kappa shape index (κ2) is 5.23. The molecule has 0 bridgehead atoms. The number of rotatable bonds is 3. The summed E-state index contributed by atoms with van der Waals surface area (Å²) in [7, 11) is 0. The quantitative estimate of drug-likeness (QED) is 0.887. The van der Waals surface area contributed by atoms with E-state index in [-0.39, 0.29) is 24.2 Å². The van der Waals surface area contributed by atoms with Crippen molar-refractivity contribution < 1.29 is 9.18 Å². The number of hydrogen-bond acceptors (Lipinski definition) is 2. The fourth-order valence-corrected chi connectivity index (χ4v) is 1.33. The normalized spacial score (nSPS) is 12.3. The van der Waals surface area contributed by atoms with Gasteiger partial charge in [-0.15, -0.1) is 0 Å². The molecule has 3 N–H and O–H groups in total. The van der Waals surface area contributed by atoms with Crippen LogP contribution in [0.2, 0.25) is 0 Å². The Kier molecular flexibility index (Phi) is 4.23. The topological polar surface area (TPSA) is 55.1 Å². The minimum Gasteiger partial charge on any atom is -0.330 e. The molecule has 0 aromatic heterocycles. The highest BCUT2D eigenvalue weighted by molar-refractivity contribution is 9.10. The summed E-state index contributed by atoms with van der Waals surface area (Å²) in [5.74, 6) is -0.787. The van der Waals surface area contributed by atoms with Crippen LogP contribution in [0.4, 0.5) is 10.1 Å². The molecule has 1 rings (SSSR count). The first kappa shape index (κ1) is 12.1. The van der Waals surface area contributed by atoms with Crippen LogP contribution in [0.5, 0.6) is 0 Å². The number of nitrogens with one attached hydrogen (secondary N) is 1. The fraction of sp³-hybridized carbons (Fsp3) is 0.300. The summed E-state index contributed by atoms with van der Waals surface area (Å²) in [6, 6.07) is 4.30. The highest BCUT2D eigenvalue weighted by Gasteiger charge is 2.11. The average molecular weight is 275 g/mol. The third-order valence-corrected chi connectivity index (χ3v) is 2.60. The molecule has 15 heavy (non-hydrogen) atoms. The molecular formula is C10H12BrFN2O. The molecule has 3 nitrogen and oxygen atoms in total. The summed E-state index contributed by atoms with van der Waals surface area (Å²) in [6.07, 6.45) is 0. The van der Waals surface area contributed by atoms with Crippen LogP contribution in [0.1, 0.15) is 6.92 Å². The lowest BCUT2D eigenvalue weighted by Crippen LogP contribution is -2.26. The van der Waals surface area contributed by atoms with Crippen molar-refractivity contribution in [3.8, 4) is 0 Å². The van der Waals surface area contributed by atoms with Crippen molar-refractivity contribution in [3.63, 3.8) is 0 Å². The van der Waals surface area contributed by atoms with E-state index in [0.29, 0.717) is 10.2 Å². The molecule has 0 aliphatic carbocycles. The Morgan fingerprint density at radius 2 is 2.33 bits per heavy atom. The first-order chi connectivity index (χ1) is 7.04. The van der Waals surface area contributed by atoms with E-state index in [2.05, 4.69) is 21.2 Å². The minimum atomic E-state index is -0.361. The van der Waals surface area contributed by atoms with Crippen LogP contribution in [0.25, 0.3) is 0 Å². The highest BCUT2D eigenvalue weighted by Crippen LogP contribution is 2.20. The lowest BCUT2D eigenvalue weighted by atomic mass is 10.1. The van der Waals surface area contributed by atoms with Gasteiger partial charge in [-0.3, -0.25) is 4.79 Å². The molecule has 5 heteroatoms. The minimum absolute atomic E-state index is 0.170. The molecule has 0 heterocycles. The van der Waals surface area contributed by atoms with Gasteiger partial charge < -0.3 is 11.1 Å². The van der Waals surface area contributed by atoms with Gasteiger partial charge in [0.1, 0.15) is 5.82 Å². The maximum atomic E-state index is 12.9. The van der Waals surface area contributed by atoms with Crippen LogP contribution in [-0.4, -0.2) is 12.5 Å². The molecular weight excluding hydrogens is 263 g/mol. The first-order valence-electron chi connectivity index (χ1n) is 4.50. The van der Waals surface area contributed by atoms with E-state index in [1.165, 1.54) is 18.2 Å². The molecule has 0 aliphatic rings.